The zero-order valence-electron chi connectivity index (χ0n) is 16.9. The second kappa shape index (κ2) is 13.7. The van der Waals surface area contributed by atoms with Gasteiger partial charge in [-0.25, -0.2) is 9.59 Å². The molecule has 2 aromatic rings. The molecular weight excluding hydrogens is 426 g/mol. The second-order valence-electron chi connectivity index (χ2n) is 6.41. The summed E-state index contributed by atoms with van der Waals surface area (Å²) in [6.45, 7) is 4.07. The molecule has 6 nitrogen and oxygen atoms in total. The number of para-hydroxylation sites is 2. The molecule has 152 valence electrons. The molecule has 0 heterocycles. The predicted octanol–water partition coefficient (Wildman–Crippen LogP) is 3.60. The van der Waals surface area contributed by atoms with Gasteiger partial charge in [0.2, 0.25) is 0 Å². The summed E-state index contributed by atoms with van der Waals surface area (Å²) in [6.07, 6.45) is 5.15. The van der Waals surface area contributed by atoms with Crippen LogP contribution in [-0.2, 0) is 32.3 Å². The summed E-state index contributed by atoms with van der Waals surface area (Å²) in [5.41, 5.74) is 0.954. The fourth-order valence-electron chi connectivity index (χ4n) is 2.63. The smallest absolute Gasteiger partial charge is 0.872 e. The van der Waals surface area contributed by atoms with E-state index in [1.54, 1.807) is 24.3 Å². The van der Waals surface area contributed by atoms with Crippen molar-refractivity contribution >= 4 is 11.9 Å². The third-order valence-corrected chi connectivity index (χ3v) is 4.25. The molecule has 0 atom stereocenters. The maximum absolute atomic E-state index is 11.5. The maximum Gasteiger partial charge on any atom is 2.00 e. The van der Waals surface area contributed by atoms with E-state index < -0.39 is 11.9 Å². The molecule has 0 amide bonds. The van der Waals surface area contributed by atoms with Crippen LogP contribution in [0.5, 0.6) is 11.5 Å². The molecule has 29 heavy (non-hydrogen) atoms. The molecule has 0 aromatic heterocycles. The summed E-state index contributed by atoms with van der Waals surface area (Å²) in [6, 6.07) is 9.33. The monoisotopic (exact) mass is 450 g/mol. The molecule has 0 fully saturated rings. The van der Waals surface area contributed by atoms with Crippen molar-refractivity contribution in [1.29, 1.82) is 0 Å². The van der Waals surface area contributed by atoms with Crippen LogP contribution in [0.1, 0.15) is 71.4 Å². The molecule has 0 radical (unpaired) electrons. The molecule has 0 saturated carbocycles. The van der Waals surface area contributed by atoms with Gasteiger partial charge in [-0.2, -0.15) is 0 Å². The van der Waals surface area contributed by atoms with Crippen molar-refractivity contribution in [2.24, 2.45) is 0 Å². The summed E-state index contributed by atoms with van der Waals surface area (Å²) < 4.78 is 0. The van der Waals surface area contributed by atoms with Gasteiger partial charge in [-0.15, -0.1) is 0 Å². The second-order valence-corrected chi connectivity index (χ2v) is 6.41. The van der Waals surface area contributed by atoms with E-state index in [1.165, 1.54) is 12.1 Å². The molecule has 0 aliphatic carbocycles. The van der Waals surface area contributed by atoms with Crippen LogP contribution in [0.4, 0.5) is 0 Å². The minimum Gasteiger partial charge on any atom is -0.872 e. The Labute approximate surface area is 184 Å². The van der Waals surface area contributed by atoms with E-state index in [0.29, 0.717) is 24.0 Å². The van der Waals surface area contributed by atoms with Gasteiger partial charge in [-0.3, -0.25) is 0 Å². The normalized spacial score (nSPS) is 9.72. The van der Waals surface area contributed by atoms with E-state index in [4.69, 9.17) is 10.2 Å². The molecule has 2 aromatic carbocycles. The van der Waals surface area contributed by atoms with E-state index in [1.807, 2.05) is 13.8 Å². The SMILES string of the molecule is CCCCc1cccc(C(=O)O)c1[O-].CCCCc1cccc(C(=O)O)c1[O-].[Zn+2]. The fraction of sp³-hybridized carbons (Fsp3) is 0.364. The predicted molar refractivity (Wildman–Crippen MR) is 103 cm³/mol. The summed E-state index contributed by atoms with van der Waals surface area (Å²) in [4.78, 5) is 21.3. The van der Waals surface area contributed by atoms with Crippen molar-refractivity contribution in [3.05, 3.63) is 58.7 Å². The Bertz CT molecular complexity index is 736. The average molecular weight is 452 g/mol. The standard InChI is InChI=1S/2C11H14O3.Zn/c2*1-2-3-5-8-6-4-7-9(10(8)12)11(13)14;/h2*4,6-7,12H,2-3,5H2,1H3,(H,13,14);/q;;+2/p-2. The molecule has 0 aliphatic heterocycles. The third kappa shape index (κ3) is 8.24. The first-order valence-electron chi connectivity index (χ1n) is 9.37. The summed E-state index contributed by atoms with van der Waals surface area (Å²) in [5, 5.41) is 40.5. The van der Waals surface area contributed by atoms with Gasteiger partial charge in [0.25, 0.3) is 0 Å². The summed E-state index contributed by atoms with van der Waals surface area (Å²) >= 11 is 0. The van der Waals surface area contributed by atoms with Crippen molar-refractivity contribution in [3.63, 3.8) is 0 Å². The van der Waals surface area contributed by atoms with Crippen LogP contribution in [0, 0.1) is 0 Å². The molecular formula is C22H26O6Zn. The first-order chi connectivity index (χ1) is 13.3. The summed E-state index contributed by atoms with van der Waals surface area (Å²) in [5.74, 6) is -2.97. The number of carboxylic acids is 2. The Balaban J connectivity index is 0.000000523. The van der Waals surface area contributed by atoms with E-state index in [2.05, 4.69) is 0 Å². The zero-order valence-corrected chi connectivity index (χ0v) is 19.9. The average Bonchev–Trinajstić information content (AvgIpc) is 2.66. The van der Waals surface area contributed by atoms with E-state index in [0.717, 1.165) is 25.7 Å². The molecule has 0 spiro atoms. The first kappa shape index (κ1) is 26.6. The van der Waals surface area contributed by atoms with Crippen LogP contribution in [0.2, 0.25) is 0 Å². The topological polar surface area (TPSA) is 121 Å². The molecule has 0 unspecified atom stereocenters. The van der Waals surface area contributed by atoms with Crippen molar-refractivity contribution in [2.75, 3.05) is 0 Å². The summed E-state index contributed by atoms with van der Waals surface area (Å²) in [7, 11) is 0. The number of hydrogen-bond donors (Lipinski definition) is 2. The number of unbranched alkanes of at least 4 members (excludes halogenated alkanes) is 2. The Morgan fingerprint density at radius 2 is 1.10 bits per heavy atom. The Morgan fingerprint density at radius 3 is 1.38 bits per heavy atom. The van der Waals surface area contributed by atoms with Crippen molar-refractivity contribution in [3.8, 4) is 11.5 Å². The number of carbonyl (C=O) groups is 2. The van der Waals surface area contributed by atoms with Crippen LogP contribution >= 0.6 is 0 Å². The largest absolute Gasteiger partial charge is 2.00 e. The number of hydrogen-bond acceptors (Lipinski definition) is 4. The molecule has 2 rings (SSSR count). The van der Waals surface area contributed by atoms with Gasteiger partial charge in [0.15, 0.2) is 0 Å². The van der Waals surface area contributed by atoms with Gasteiger partial charge in [0.05, 0.1) is 11.1 Å². The Morgan fingerprint density at radius 1 is 0.759 bits per heavy atom. The minimum absolute atomic E-state index is 0. The van der Waals surface area contributed by atoms with Crippen LogP contribution in [0.15, 0.2) is 36.4 Å². The fourth-order valence-corrected chi connectivity index (χ4v) is 2.63. The van der Waals surface area contributed by atoms with Gasteiger partial charge in [-0.05, 0) is 37.8 Å². The van der Waals surface area contributed by atoms with Crippen molar-refractivity contribution in [1.82, 2.24) is 0 Å². The number of aromatic carboxylic acids is 2. The number of carboxylic acid groups (broad SMARTS) is 2. The minimum atomic E-state index is -1.15. The molecule has 0 bridgehead atoms. The maximum atomic E-state index is 11.5. The Kier molecular flexibility index (Phi) is 12.6. The van der Waals surface area contributed by atoms with Gasteiger partial charge in [0.1, 0.15) is 0 Å². The Hall–Kier alpha value is -2.40. The number of benzene rings is 2. The van der Waals surface area contributed by atoms with Gasteiger partial charge in [-0.1, -0.05) is 73.6 Å². The van der Waals surface area contributed by atoms with Crippen LogP contribution in [0.3, 0.4) is 0 Å². The molecule has 2 N–H and O–H groups in total. The van der Waals surface area contributed by atoms with Crippen LogP contribution < -0.4 is 10.2 Å². The van der Waals surface area contributed by atoms with Crippen molar-refractivity contribution < 1.29 is 49.5 Å². The van der Waals surface area contributed by atoms with Gasteiger partial charge in [0, 0.05) is 0 Å². The van der Waals surface area contributed by atoms with Crippen molar-refractivity contribution in [2.45, 2.75) is 52.4 Å². The quantitative estimate of drug-likeness (QED) is 0.591. The first-order valence-corrected chi connectivity index (χ1v) is 9.37. The number of rotatable bonds is 8. The van der Waals surface area contributed by atoms with Crippen LogP contribution in [0.25, 0.3) is 0 Å². The molecule has 0 saturated heterocycles. The van der Waals surface area contributed by atoms with Crippen LogP contribution in [-0.4, -0.2) is 22.2 Å². The van der Waals surface area contributed by atoms with E-state index in [-0.39, 0.29) is 42.1 Å². The van der Waals surface area contributed by atoms with Gasteiger partial charge < -0.3 is 20.4 Å². The molecule has 0 aliphatic rings. The molecule has 7 heteroatoms. The number of aryl methyl sites for hydroxylation is 2. The zero-order chi connectivity index (χ0) is 21.1. The third-order valence-electron chi connectivity index (χ3n) is 4.25. The van der Waals surface area contributed by atoms with E-state index in [9.17, 15) is 19.8 Å². The van der Waals surface area contributed by atoms with E-state index >= 15 is 0 Å². The van der Waals surface area contributed by atoms with Gasteiger partial charge >= 0.3 is 31.4 Å².